The van der Waals surface area contributed by atoms with Crippen molar-refractivity contribution < 1.29 is 0 Å². The van der Waals surface area contributed by atoms with Gasteiger partial charge in [0.1, 0.15) is 12.2 Å². The molecule has 1 heterocycles. The zero-order chi connectivity index (χ0) is 7.56. The lowest BCUT2D eigenvalue weighted by molar-refractivity contribution is 0.606. The normalized spacial score (nSPS) is 21.6. The summed E-state index contributed by atoms with van der Waals surface area (Å²) < 4.78 is 0. The Labute approximate surface area is 59.8 Å². The number of nitrogens with zero attached hydrogens (tertiary/aromatic N) is 3. The molecule has 54 valence electrons. The molecular formula is C6H10N4. The van der Waals surface area contributed by atoms with Crippen LogP contribution in [0.5, 0.6) is 0 Å². The number of aliphatic imine (C=N–C) groups is 2. The first-order valence-corrected chi connectivity index (χ1v) is 2.98. The summed E-state index contributed by atoms with van der Waals surface area (Å²) in [6.07, 6.45) is 2.95. The summed E-state index contributed by atoms with van der Waals surface area (Å²) in [6.45, 7) is 1.90. The van der Waals surface area contributed by atoms with Crippen molar-refractivity contribution in [3.63, 3.8) is 0 Å². The SMILES string of the molecule is CC1=NC=N/C(=C/N)N1C. The first-order valence-electron chi connectivity index (χ1n) is 2.98. The average molecular weight is 138 g/mol. The molecule has 0 atom stereocenters. The van der Waals surface area contributed by atoms with Crippen LogP contribution in [0, 0.1) is 0 Å². The summed E-state index contributed by atoms with van der Waals surface area (Å²) >= 11 is 0. The second kappa shape index (κ2) is 2.51. The predicted octanol–water partition coefficient (Wildman–Crippen LogP) is 0.136. The van der Waals surface area contributed by atoms with E-state index in [0.29, 0.717) is 0 Å². The number of rotatable bonds is 0. The second-order valence-corrected chi connectivity index (χ2v) is 2.00. The Kier molecular flexibility index (Phi) is 1.71. The third-order valence-electron chi connectivity index (χ3n) is 1.41. The fraction of sp³-hybridized carbons (Fsp3) is 0.333. The minimum Gasteiger partial charge on any atom is -0.402 e. The summed E-state index contributed by atoms with van der Waals surface area (Å²) in [6, 6.07) is 0. The minimum atomic E-state index is 0.729. The van der Waals surface area contributed by atoms with Gasteiger partial charge in [0.2, 0.25) is 0 Å². The van der Waals surface area contributed by atoms with E-state index in [4.69, 9.17) is 5.73 Å². The molecule has 0 fully saturated rings. The summed E-state index contributed by atoms with van der Waals surface area (Å²) in [5.41, 5.74) is 5.28. The predicted molar refractivity (Wildman–Crippen MR) is 41.6 cm³/mol. The van der Waals surface area contributed by atoms with E-state index in [0.717, 1.165) is 11.7 Å². The van der Waals surface area contributed by atoms with E-state index in [1.807, 2.05) is 18.9 Å². The van der Waals surface area contributed by atoms with Gasteiger partial charge in [0.25, 0.3) is 0 Å². The highest BCUT2D eigenvalue weighted by atomic mass is 15.3. The van der Waals surface area contributed by atoms with E-state index in [9.17, 15) is 0 Å². The summed E-state index contributed by atoms with van der Waals surface area (Å²) in [7, 11) is 1.87. The maximum Gasteiger partial charge on any atom is 0.151 e. The van der Waals surface area contributed by atoms with Gasteiger partial charge in [-0.15, -0.1) is 0 Å². The Morgan fingerprint density at radius 2 is 2.40 bits per heavy atom. The standard InChI is InChI=1S/C6H10N4/c1-5-8-4-9-6(3-7)10(5)2/h3-4H,7H2,1-2H3/b6-3-. The number of hydrogen-bond donors (Lipinski definition) is 1. The molecule has 0 aromatic rings. The van der Waals surface area contributed by atoms with E-state index in [2.05, 4.69) is 9.98 Å². The zero-order valence-electron chi connectivity index (χ0n) is 6.07. The molecule has 10 heavy (non-hydrogen) atoms. The molecule has 0 aliphatic carbocycles. The van der Waals surface area contributed by atoms with Crippen molar-refractivity contribution >= 4 is 12.2 Å². The minimum absolute atomic E-state index is 0.729. The van der Waals surface area contributed by atoms with Crippen LogP contribution in [0.1, 0.15) is 6.92 Å². The van der Waals surface area contributed by atoms with Gasteiger partial charge in [0.15, 0.2) is 5.82 Å². The van der Waals surface area contributed by atoms with E-state index in [-0.39, 0.29) is 0 Å². The van der Waals surface area contributed by atoms with Crippen molar-refractivity contribution in [2.75, 3.05) is 7.05 Å². The molecule has 1 rings (SSSR count). The molecule has 0 aromatic heterocycles. The van der Waals surface area contributed by atoms with Crippen molar-refractivity contribution in [3.8, 4) is 0 Å². The maximum absolute atomic E-state index is 5.28. The fourth-order valence-electron chi connectivity index (χ4n) is 0.665. The highest BCUT2D eigenvalue weighted by molar-refractivity contribution is 5.90. The van der Waals surface area contributed by atoms with Gasteiger partial charge in [-0.2, -0.15) is 0 Å². The molecule has 0 saturated carbocycles. The summed E-state index contributed by atoms with van der Waals surface area (Å²) in [5.74, 6) is 1.62. The Balaban J connectivity index is 2.89. The fourth-order valence-corrected chi connectivity index (χ4v) is 0.665. The molecular weight excluding hydrogens is 128 g/mol. The van der Waals surface area contributed by atoms with Gasteiger partial charge in [-0.3, -0.25) is 0 Å². The maximum atomic E-state index is 5.28. The van der Waals surface area contributed by atoms with Crippen molar-refractivity contribution in [1.29, 1.82) is 0 Å². The largest absolute Gasteiger partial charge is 0.402 e. The first kappa shape index (κ1) is 6.80. The Hall–Kier alpha value is -1.32. The Bertz CT molecular complexity index is 214. The van der Waals surface area contributed by atoms with Gasteiger partial charge in [-0.1, -0.05) is 0 Å². The van der Waals surface area contributed by atoms with Crippen LogP contribution in [0.25, 0.3) is 0 Å². The van der Waals surface area contributed by atoms with E-state index in [1.165, 1.54) is 12.5 Å². The van der Waals surface area contributed by atoms with Crippen molar-refractivity contribution in [1.82, 2.24) is 4.90 Å². The topological polar surface area (TPSA) is 54.0 Å². The molecule has 0 aromatic carbocycles. The number of hydrogen-bond acceptors (Lipinski definition) is 4. The van der Waals surface area contributed by atoms with Gasteiger partial charge in [-0.05, 0) is 6.92 Å². The molecule has 2 N–H and O–H groups in total. The van der Waals surface area contributed by atoms with Crippen LogP contribution in [0.3, 0.4) is 0 Å². The van der Waals surface area contributed by atoms with Crippen LogP contribution in [-0.2, 0) is 0 Å². The Morgan fingerprint density at radius 3 is 2.90 bits per heavy atom. The van der Waals surface area contributed by atoms with Gasteiger partial charge >= 0.3 is 0 Å². The molecule has 4 heteroatoms. The average Bonchev–Trinajstić information content (AvgIpc) is 1.95. The van der Waals surface area contributed by atoms with Crippen LogP contribution in [0.2, 0.25) is 0 Å². The molecule has 1 aliphatic rings. The zero-order valence-corrected chi connectivity index (χ0v) is 6.07. The third-order valence-corrected chi connectivity index (χ3v) is 1.41. The van der Waals surface area contributed by atoms with Crippen LogP contribution < -0.4 is 5.73 Å². The number of amidine groups is 1. The molecule has 0 saturated heterocycles. The van der Waals surface area contributed by atoms with Crippen molar-refractivity contribution in [2.24, 2.45) is 15.7 Å². The van der Waals surface area contributed by atoms with Gasteiger partial charge < -0.3 is 10.6 Å². The lowest BCUT2D eigenvalue weighted by atomic mass is 10.5. The van der Waals surface area contributed by atoms with Crippen LogP contribution >= 0.6 is 0 Å². The van der Waals surface area contributed by atoms with Crippen LogP contribution in [0.4, 0.5) is 0 Å². The van der Waals surface area contributed by atoms with Crippen LogP contribution in [0.15, 0.2) is 22.0 Å². The van der Waals surface area contributed by atoms with Gasteiger partial charge in [0, 0.05) is 13.2 Å². The quantitative estimate of drug-likeness (QED) is 0.517. The molecule has 0 radical (unpaired) electrons. The molecule has 0 amide bonds. The molecule has 0 spiro atoms. The molecule has 1 aliphatic heterocycles. The highest BCUT2D eigenvalue weighted by Crippen LogP contribution is 2.05. The van der Waals surface area contributed by atoms with Crippen molar-refractivity contribution in [3.05, 3.63) is 12.0 Å². The summed E-state index contributed by atoms with van der Waals surface area (Å²) in [4.78, 5) is 9.71. The monoisotopic (exact) mass is 138 g/mol. The number of nitrogens with two attached hydrogens (primary N) is 1. The van der Waals surface area contributed by atoms with E-state index in [1.54, 1.807) is 0 Å². The highest BCUT2D eigenvalue weighted by Gasteiger charge is 2.07. The Morgan fingerprint density at radius 1 is 1.70 bits per heavy atom. The van der Waals surface area contributed by atoms with Gasteiger partial charge in [0.05, 0.1) is 0 Å². The molecule has 4 nitrogen and oxygen atoms in total. The first-order chi connectivity index (χ1) is 4.75. The molecule has 0 unspecified atom stereocenters. The second-order valence-electron chi connectivity index (χ2n) is 2.00. The smallest absolute Gasteiger partial charge is 0.151 e. The lowest BCUT2D eigenvalue weighted by Gasteiger charge is -2.19. The van der Waals surface area contributed by atoms with E-state index < -0.39 is 0 Å². The van der Waals surface area contributed by atoms with Gasteiger partial charge in [-0.25, -0.2) is 9.98 Å². The molecule has 0 bridgehead atoms. The third kappa shape index (κ3) is 1.00. The lowest BCUT2D eigenvalue weighted by Crippen LogP contribution is -2.25. The van der Waals surface area contributed by atoms with E-state index >= 15 is 0 Å². The van der Waals surface area contributed by atoms with Crippen LogP contribution in [-0.4, -0.2) is 24.1 Å². The summed E-state index contributed by atoms with van der Waals surface area (Å²) in [5, 5.41) is 0. The van der Waals surface area contributed by atoms with Crippen molar-refractivity contribution in [2.45, 2.75) is 6.92 Å².